The van der Waals surface area contributed by atoms with Crippen LogP contribution in [0, 0.1) is 0 Å². The van der Waals surface area contributed by atoms with E-state index in [-0.39, 0.29) is 32.0 Å². The molecule has 3 fully saturated rings. The highest BCUT2D eigenvalue weighted by molar-refractivity contribution is 5.80. The number of carbonyl (C=O) groups is 1. The molecule has 0 aromatic heterocycles. The predicted molar refractivity (Wildman–Crippen MR) is 133 cm³/mol. The van der Waals surface area contributed by atoms with Crippen LogP contribution in [0.1, 0.15) is 25.7 Å². The van der Waals surface area contributed by atoms with Crippen LogP contribution in [0.25, 0.3) is 0 Å². The first-order valence-electron chi connectivity index (χ1n) is 13.0. The van der Waals surface area contributed by atoms with Gasteiger partial charge in [-0.25, -0.2) is 0 Å². The van der Waals surface area contributed by atoms with Crippen molar-refractivity contribution >= 4 is 5.91 Å². The van der Waals surface area contributed by atoms with Crippen LogP contribution in [0.5, 0.6) is 0 Å². The lowest BCUT2D eigenvalue weighted by Gasteiger charge is -2.48. The quantitative estimate of drug-likeness (QED) is 0.120. The molecule has 0 aromatic rings. The van der Waals surface area contributed by atoms with Crippen molar-refractivity contribution < 1.29 is 44.2 Å². The van der Waals surface area contributed by atoms with Crippen molar-refractivity contribution in [3.05, 3.63) is 0 Å². The summed E-state index contributed by atoms with van der Waals surface area (Å²) in [4.78, 5) is 12.6. The van der Waals surface area contributed by atoms with Crippen molar-refractivity contribution in [3.8, 4) is 0 Å². The molecule has 0 aromatic carbocycles. The van der Waals surface area contributed by atoms with Gasteiger partial charge in [0.1, 0.15) is 36.6 Å². The fourth-order valence-electron chi connectivity index (χ4n) is 5.07. The Morgan fingerprint density at radius 3 is 2.26 bits per heavy atom. The Kier molecular flexibility index (Phi) is 11.6. The van der Waals surface area contributed by atoms with Gasteiger partial charge in [-0.1, -0.05) is 0 Å². The van der Waals surface area contributed by atoms with E-state index in [1.54, 1.807) is 0 Å². The number of amides is 1. The van der Waals surface area contributed by atoms with Crippen LogP contribution in [0.2, 0.25) is 0 Å². The van der Waals surface area contributed by atoms with Gasteiger partial charge in [0, 0.05) is 12.6 Å². The molecule has 222 valence electrons. The molecule has 3 aliphatic rings. The summed E-state index contributed by atoms with van der Waals surface area (Å²) in [5.41, 5.74) is 35.7. The smallest absolute Gasteiger partial charge is 0.249 e. The van der Waals surface area contributed by atoms with Crippen molar-refractivity contribution in [1.82, 2.24) is 5.32 Å². The summed E-state index contributed by atoms with van der Waals surface area (Å²) in [5.74, 6) is -0.742. The van der Waals surface area contributed by atoms with E-state index in [0.29, 0.717) is 12.8 Å². The van der Waals surface area contributed by atoms with Gasteiger partial charge in [0.15, 0.2) is 12.6 Å². The Morgan fingerprint density at radius 1 is 0.947 bits per heavy atom. The average Bonchev–Trinajstić information content (AvgIpc) is 2.89. The first-order valence-corrected chi connectivity index (χ1v) is 13.0. The normalized spacial score (nSPS) is 44.9. The molecule has 0 spiro atoms. The number of nitrogens with two attached hydrogens (primary N) is 6. The Bertz CT molecular complexity index is 756. The summed E-state index contributed by atoms with van der Waals surface area (Å²) in [5, 5.41) is 44.4. The third-order valence-corrected chi connectivity index (χ3v) is 7.47. The van der Waals surface area contributed by atoms with Crippen LogP contribution in [-0.4, -0.2) is 132 Å². The Labute approximate surface area is 221 Å². The van der Waals surface area contributed by atoms with Crippen molar-refractivity contribution in [2.24, 2.45) is 34.4 Å². The molecule has 16 heteroatoms. The maximum Gasteiger partial charge on any atom is 0.249 e. The summed E-state index contributed by atoms with van der Waals surface area (Å²) < 4.78 is 23.5. The van der Waals surface area contributed by atoms with Crippen molar-refractivity contribution in [2.75, 3.05) is 19.7 Å². The van der Waals surface area contributed by atoms with Crippen LogP contribution >= 0.6 is 0 Å². The lowest BCUT2D eigenvalue weighted by molar-refractivity contribution is -0.303. The first-order chi connectivity index (χ1) is 18.0. The zero-order valence-electron chi connectivity index (χ0n) is 21.3. The summed E-state index contributed by atoms with van der Waals surface area (Å²) in [7, 11) is 0. The van der Waals surface area contributed by atoms with Crippen molar-refractivity contribution in [3.63, 3.8) is 0 Å². The second-order valence-corrected chi connectivity index (χ2v) is 10.3. The van der Waals surface area contributed by atoms with Gasteiger partial charge in [0.25, 0.3) is 0 Å². The number of carbonyl (C=O) groups excluding carboxylic acids is 1. The number of aliphatic hydroxyl groups is 4. The van der Waals surface area contributed by atoms with Gasteiger partial charge < -0.3 is 79.1 Å². The van der Waals surface area contributed by atoms with E-state index in [1.807, 2.05) is 0 Å². The van der Waals surface area contributed by atoms with Crippen LogP contribution in [0.15, 0.2) is 0 Å². The number of ether oxygens (including phenoxy) is 4. The molecule has 1 amide bonds. The molecule has 38 heavy (non-hydrogen) atoms. The first kappa shape index (κ1) is 31.4. The summed E-state index contributed by atoms with van der Waals surface area (Å²) in [6.45, 7) is -0.149. The van der Waals surface area contributed by atoms with Gasteiger partial charge in [0.2, 0.25) is 5.91 Å². The molecule has 16 nitrogen and oxygen atoms in total. The Morgan fingerprint density at radius 2 is 1.63 bits per heavy atom. The number of hydrogen-bond donors (Lipinski definition) is 11. The molecule has 17 N–H and O–H groups in total. The standard InChI is InChI=1S/C22H45N7O9/c23-4-3-12(31)20(34)29-11-5-10(26)18(37-21-9(25)2-1-8(6-24)35-21)17(33)19(11)38-22-16(32)15(28)14(27)13(7-30)36-22/h8-19,21-22,30-33H,1-7,23-28H2,(H,29,34)/t8-,9+,10-,11+,12-,13+,14-,15-,16+,17-,18+,19-,21+,22+/m0/s1. The van der Waals surface area contributed by atoms with Crippen molar-refractivity contribution in [1.29, 1.82) is 0 Å². The van der Waals surface area contributed by atoms with Gasteiger partial charge in [-0.05, 0) is 32.2 Å². The number of rotatable bonds is 10. The molecule has 1 saturated carbocycles. The second kappa shape index (κ2) is 14.0. The minimum absolute atomic E-state index is 0.0129. The molecule has 2 saturated heterocycles. The molecule has 0 radical (unpaired) electrons. The summed E-state index contributed by atoms with van der Waals surface area (Å²) in [6.07, 6.45) is -8.82. The van der Waals surface area contributed by atoms with E-state index in [2.05, 4.69) is 5.32 Å². The second-order valence-electron chi connectivity index (χ2n) is 10.3. The SMILES string of the molecule is NCC[C@H](O)C(=O)N[C@@H]1C[C@H](N)[C@@H](O[C@H]2O[C@H](CN)CC[C@H]2N)[C@H](O)[C@H]1O[C@H]1O[C@H](CO)[C@H](N)[C@H](N)[C@H]1O. The Balaban J connectivity index is 1.82. The van der Waals surface area contributed by atoms with Gasteiger partial charge in [-0.2, -0.15) is 0 Å². The third-order valence-electron chi connectivity index (χ3n) is 7.47. The van der Waals surface area contributed by atoms with E-state index in [4.69, 9.17) is 53.3 Å². The highest BCUT2D eigenvalue weighted by atomic mass is 16.7. The zero-order valence-corrected chi connectivity index (χ0v) is 21.3. The fourth-order valence-corrected chi connectivity index (χ4v) is 5.07. The molecule has 2 aliphatic heterocycles. The number of nitrogens with one attached hydrogen (secondary N) is 1. The maximum absolute atomic E-state index is 12.6. The van der Waals surface area contributed by atoms with Gasteiger partial charge in [-0.15, -0.1) is 0 Å². The van der Waals surface area contributed by atoms with E-state index < -0.39 is 91.9 Å². The van der Waals surface area contributed by atoms with Gasteiger partial charge in [-0.3, -0.25) is 4.79 Å². The highest BCUT2D eigenvalue weighted by Gasteiger charge is 2.50. The monoisotopic (exact) mass is 551 g/mol. The molecule has 1 aliphatic carbocycles. The molecular weight excluding hydrogens is 506 g/mol. The molecule has 2 heterocycles. The highest BCUT2D eigenvalue weighted by Crippen LogP contribution is 2.31. The lowest BCUT2D eigenvalue weighted by Crippen LogP contribution is -2.70. The topological polar surface area (TPSA) is 303 Å². The maximum atomic E-state index is 12.6. The van der Waals surface area contributed by atoms with Crippen LogP contribution in [0.3, 0.4) is 0 Å². The van der Waals surface area contributed by atoms with Crippen LogP contribution in [-0.2, 0) is 23.7 Å². The largest absolute Gasteiger partial charge is 0.394 e. The molecule has 0 bridgehead atoms. The average molecular weight is 552 g/mol. The molecule has 14 atom stereocenters. The van der Waals surface area contributed by atoms with Gasteiger partial charge >= 0.3 is 0 Å². The minimum atomic E-state index is -1.47. The van der Waals surface area contributed by atoms with Crippen LogP contribution < -0.4 is 39.7 Å². The molecule has 0 unspecified atom stereocenters. The van der Waals surface area contributed by atoms with Crippen LogP contribution in [0.4, 0.5) is 0 Å². The van der Waals surface area contributed by atoms with E-state index in [1.165, 1.54) is 0 Å². The Hall–Kier alpha value is -1.09. The molecule has 3 rings (SSSR count). The molecular formula is C22H45N7O9. The van der Waals surface area contributed by atoms with Gasteiger partial charge in [0.05, 0.1) is 36.9 Å². The third kappa shape index (κ3) is 7.15. The lowest BCUT2D eigenvalue weighted by atomic mass is 9.83. The minimum Gasteiger partial charge on any atom is -0.394 e. The predicted octanol–water partition coefficient (Wildman–Crippen LogP) is -6.43. The number of aliphatic hydroxyl groups excluding tert-OH is 4. The number of hydrogen-bond acceptors (Lipinski definition) is 15. The fraction of sp³-hybridized carbons (Fsp3) is 0.955. The van der Waals surface area contributed by atoms with E-state index >= 15 is 0 Å². The van der Waals surface area contributed by atoms with Crippen molar-refractivity contribution in [2.45, 2.75) is 111 Å². The summed E-state index contributed by atoms with van der Waals surface area (Å²) in [6, 6.07) is -4.13. The van der Waals surface area contributed by atoms with E-state index in [9.17, 15) is 25.2 Å². The zero-order chi connectivity index (χ0) is 28.1. The summed E-state index contributed by atoms with van der Waals surface area (Å²) >= 11 is 0. The van der Waals surface area contributed by atoms with E-state index in [0.717, 1.165) is 0 Å².